The first-order chi connectivity index (χ1) is 44.7. The molecule has 27 heteroatoms. The van der Waals surface area contributed by atoms with Gasteiger partial charge < -0.3 is 84.8 Å². The van der Waals surface area contributed by atoms with Crippen molar-refractivity contribution in [3.05, 3.63) is 269 Å². The van der Waals surface area contributed by atoms with Crippen LogP contribution in [0.3, 0.4) is 0 Å². The maximum absolute atomic E-state index is 11.5. The number of H-pyrrole nitrogens is 2. The van der Waals surface area contributed by atoms with Crippen LogP contribution in [0.2, 0.25) is 0 Å². The first-order valence-corrected chi connectivity index (χ1v) is 29.6. The van der Waals surface area contributed by atoms with Gasteiger partial charge in [0.1, 0.15) is 11.5 Å². The average molecular weight is 2350 g/mol. The molecule has 12 rings (SSSR count). The summed E-state index contributed by atoms with van der Waals surface area (Å²) in [6.45, 7) is 26.0. The van der Waals surface area contributed by atoms with Crippen molar-refractivity contribution < 1.29 is 626 Å². The van der Waals surface area contributed by atoms with E-state index in [1.54, 1.807) is 102 Å². The summed E-state index contributed by atoms with van der Waals surface area (Å²) in [4.78, 5) is 88.2. The molecule has 2 heterocycles. The molecule has 0 atom stereocenters. The van der Waals surface area contributed by atoms with Crippen LogP contribution >= 0.6 is 0 Å². The van der Waals surface area contributed by atoms with Crippen LogP contribution in [0.5, 0.6) is 0 Å². The van der Waals surface area contributed by atoms with Gasteiger partial charge in [0, 0.05) is 22.8 Å². The molecule has 104 heavy (non-hydrogen) atoms. The Labute approximate surface area is 1080 Å². The van der Waals surface area contributed by atoms with Gasteiger partial charge in [0.15, 0.2) is 0 Å². The van der Waals surface area contributed by atoms with E-state index in [1.165, 1.54) is 16.3 Å². The van der Waals surface area contributed by atoms with Crippen LogP contribution < -0.4 is 587 Å². The molecule has 12 aromatic rings. The molecule has 0 radical (unpaired) electrons. The van der Waals surface area contributed by atoms with Gasteiger partial charge in [-0.3, -0.25) is 0 Å². The first-order valence-electron chi connectivity index (χ1n) is 29.6. The van der Waals surface area contributed by atoms with Crippen LogP contribution in [0.4, 0.5) is 0 Å². The number of rotatable bonds is 7. The molecule has 0 fully saturated rings. The predicted octanol–water partition coefficient (Wildman–Crippen LogP) is -16.5. The van der Waals surface area contributed by atoms with Gasteiger partial charge in [-0.1, -0.05) is 139 Å². The number of carbonyl (C=O) groups is 7. The van der Waals surface area contributed by atoms with Gasteiger partial charge in [-0.25, -0.2) is 9.97 Å². The van der Waals surface area contributed by atoms with Crippen molar-refractivity contribution in [2.24, 2.45) is 0 Å². The third-order valence-corrected chi connectivity index (χ3v) is 15.6. The topological polar surface area (TPSA) is 368 Å². The number of hydrogen-bond acceptors (Lipinski definition) is 17. The number of fused-ring (bicyclic) bond motifs is 5. The van der Waals surface area contributed by atoms with Gasteiger partial charge in [-0.2, -0.15) is 29.3 Å². The Morgan fingerprint density at radius 1 is 0.375 bits per heavy atom. The fourth-order valence-electron chi connectivity index (χ4n) is 10.6. The molecule has 3 N–H and O–H groups in total. The number of imidazole rings is 2. The van der Waals surface area contributed by atoms with Gasteiger partial charge in [-0.05, 0) is 201 Å². The van der Waals surface area contributed by atoms with E-state index >= 15 is 0 Å². The average Bonchev–Trinajstić information content (AvgIpc) is 0.989. The van der Waals surface area contributed by atoms with Crippen LogP contribution in [-0.4, -0.2) is 67.2 Å². The smallest absolute Gasteiger partial charge is 0.870 e. The monoisotopic (exact) mass is 2350 g/mol. The maximum Gasteiger partial charge on any atom is 1.00 e. The summed E-state index contributed by atoms with van der Waals surface area (Å²) in [5.41, 5.74) is 15.0. The van der Waals surface area contributed by atoms with E-state index in [4.69, 9.17) is 0 Å². The molecule has 496 valence electrons. The molecular weight excluding hydrogens is 2280 g/mol. The minimum Gasteiger partial charge on any atom is -0.870 e. The molecule has 0 bridgehead atoms. The maximum atomic E-state index is 11.5. The van der Waals surface area contributed by atoms with Crippen LogP contribution in [-0.2, 0) is 0 Å². The summed E-state index contributed by atoms with van der Waals surface area (Å²) in [7, 11) is 0. The second-order valence-corrected chi connectivity index (χ2v) is 22.9. The molecule has 2 aromatic heterocycles. The molecule has 10 aromatic carbocycles. The molecule has 0 saturated carbocycles. The van der Waals surface area contributed by atoms with E-state index in [0.717, 1.165) is 93.4 Å². The fraction of sp³-hybridized carbons (Fsp3) is 0.182. The number of nitrogens with zero attached hydrogens (tertiary/aromatic N) is 2. The number of carboxylic acid groups (broad SMARTS) is 7. The van der Waals surface area contributed by atoms with Crippen molar-refractivity contribution >= 4 is 95.9 Å². The van der Waals surface area contributed by atoms with Crippen molar-refractivity contribution in [2.45, 2.75) is 96.9 Å². The number of carbonyl (C=O) groups excluding carboxylic acids is 7. The zero-order chi connectivity index (χ0) is 70.4. The number of aromatic carboxylic acids is 7. The third-order valence-electron chi connectivity index (χ3n) is 15.6. The van der Waals surface area contributed by atoms with Crippen molar-refractivity contribution in [3.63, 3.8) is 0 Å². The largest absolute Gasteiger partial charge is 1.00 e. The van der Waals surface area contributed by atoms with Crippen molar-refractivity contribution in [1.29, 1.82) is 0 Å². The van der Waals surface area contributed by atoms with E-state index < -0.39 is 41.8 Å². The van der Waals surface area contributed by atoms with E-state index in [1.807, 2.05) is 122 Å². The van der Waals surface area contributed by atoms with Crippen molar-refractivity contribution in [1.82, 2.24) is 19.9 Å². The van der Waals surface area contributed by atoms with Gasteiger partial charge in [0.2, 0.25) is 0 Å². The van der Waals surface area contributed by atoms with E-state index in [9.17, 15) is 69.3 Å². The van der Waals surface area contributed by atoms with Gasteiger partial charge in [-0.15, -0.1) is 5.56 Å². The Balaban J connectivity index is -0.000000561. The molecule has 0 aliphatic rings. The first kappa shape index (κ1) is 115. The number of aromatic nitrogens is 4. The molecule has 0 amide bonds. The second-order valence-electron chi connectivity index (χ2n) is 22.9. The summed E-state index contributed by atoms with van der Waals surface area (Å²) in [6.07, 6.45) is 1.56. The van der Waals surface area contributed by atoms with Crippen LogP contribution in [0.25, 0.3) is 54.1 Å². The summed E-state index contributed by atoms with van der Waals surface area (Å²) < 4.78 is 0. The van der Waals surface area contributed by atoms with E-state index in [-0.39, 0.29) is 596 Å². The minimum atomic E-state index is -1.23. The number of hydrogen-bond donors (Lipinski definition) is 2. The second kappa shape index (κ2) is 56.1. The normalized spacial score (nSPS) is 9.48. The summed E-state index contributed by atoms with van der Waals surface area (Å²) in [6, 6.07) is 44.8. The predicted molar refractivity (Wildman–Crippen MR) is 354 cm³/mol. The number of nitrogens with one attached hydrogen (secondary N) is 2. The Kier molecular flexibility index (Phi) is 62.0. The SMILES string of the molecule is Cc1[c-]cc(C)c(C(=O)[O-])c1.Cc1c2ccccc2c(C)c2cc(C(=O)[O-])ccc12.Cc1cc(C(=O)[O-])c(C)c2[nH]cnc12.Cc1cc(C)cc(C(=O)[O-])c1.Cc1ccc(C(=O)[O-])cc1C.Cc1ccc2c(C(=O)[O-])c3cc(C)ccc3cc2c1.Cc1nc(C(=O)[O-])c(C)[nH]1.[Cs+].[Cs+].[Cs+].[Cs+].[Cs+].[Cs+].[Cs+].[Cs+].[OH-]. The number of aryl methyl sites for hydroxylation is 14. The molecule has 0 aliphatic heterocycles. The summed E-state index contributed by atoms with van der Waals surface area (Å²) in [5.74, 6) is -7.40. The quantitative estimate of drug-likeness (QED) is 0.111. The molecular formula is C77H69Cs8N4O15-. The van der Waals surface area contributed by atoms with Crippen LogP contribution in [0.1, 0.15) is 151 Å². The standard InChI is InChI=1S/2C17H14O2.C10H10N2O2.2C9H10O2.C9H9O2.C6H8N2O2.8Cs.H2O/c1-10-4-6-14-13(7-10)9-12-5-3-11(2)8-15(12)16(14)17(18)19;1-10-13-5-3-4-6-14(13)11(2)16-9-12(17(18)19)7-8-15(10)16;1-5-3-7(10(13)14)6(2)9-8(5)11-4-12-9;1-6-3-7(2)5-8(4-6)9(10)11;1-6-3-4-8(9(10)11)5-7(6)2;1-6-3-4-7(2)8(5-6)9(10)11;1-3-5(6(9)10)8-4(2)7-3;;;;;;;;;/h2*3-9H,1-2H3,(H,18,19);3-4H,1-2H3,(H,11,12)(H,13,14);2*3-5H,1-2H3,(H,10,11);4-5H,1-2H3,(H,10,11);1-2H3,(H,7,8)(H,9,10);;;;;;;;;1H2/q;;;;;-1;;8*+1;/p-8. The molecule has 19 nitrogen and oxygen atoms in total. The van der Waals surface area contributed by atoms with Gasteiger partial charge in [0.25, 0.3) is 0 Å². The Morgan fingerprint density at radius 2 is 0.875 bits per heavy atom. The van der Waals surface area contributed by atoms with E-state index in [2.05, 4.69) is 45.1 Å². The van der Waals surface area contributed by atoms with E-state index in [0.29, 0.717) is 22.6 Å². The third kappa shape index (κ3) is 34.1. The molecule has 0 aliphatic carbocycles. The van der Waals surface area contributed by atoms with Crippen LogP contribution in [0.15, 0.2) is 146 Å². The van der Waals surface area contributed by atoms with Gasteiger partial charge in [0.05, 0.1) is 53.2 Å². The molecule has 0 spiro atoms. The Hall–Kier alpha value is 4.59. The zero-order valence-corrected chi connectivity index (χ0v) is 114. The molecule has 0 saturated heterocycles. The minimum absolute atomic E-state index is 0. The summed E-state index contributed by atoms with van der Waals surface area (Å²) >= 11 is 0. The Morgan fingerprint density at radius 3 is 1.36 bits per heavy atom. The number of aromatic amines is 2. The Bertz CT molecular complexity index is 4980. The summed E-state index contributed by atoms with van der Waals surface area (Å²) in [5, 5.41) is 82.6. The zero-order valence-electron chi connectivity index (χ0n) is 63.4. The van der Waals surface area contributed by atoms with Gasteiger partial charge >= 0.3 is 551 Å². The molecule has 0 unspecified atom stereocenters. The van der Waals surface area contributed by atoms with Crippen molar-refractivity contribution in [2.75, 3.05) is 0 Å². The number of carboxylic acids is 7. The van der Waals surface area contributed by atoms with Crippen molar-refractivity contribution in [3.8, 4) is 0 Å². The van der Waals surface area contributed by atoms with Crippen LogP contribution in [0, 0.1) is 103 Å². The number of benzene rings is 10. The fourth-order valence-corrected chi connectivity index (χ4v) is 10.6.